The van der Waals surface area contributed by atoms with Crippen LogP contribution in [0.25, 0.3) is 0 Å². The molecule has 2 aromatic carbocycles. The molecule has 1 unspecified atom stereocenters. The highest BCUT2D eigenvalue weighted by Gasteiger charge is 2.33. The first-order valence-electron chi connectivity index (χ1n) is 8.60. The third kappa shape index (κ3) is 4.99. The van der Waals surface area contributed by atoms with Crippen LogP contribution in [0.4, 0.5) is 5.69 Å². The number of aryl methyl sites for hydroxylation is 1. The van der Waals surface area contributed by atoms with Crippen molar-refractivity contribution in [3.05, 3.63) is 64.1 Å². The lowest BCUT2D eigenvalue weighted by Crippen LogP contribution is -2.29. The Morgan fingerprint density at radius 1 is 1.12 bits per heavy atom. The number of hydrogen-bond acceptors (Lipinski definition) is 2. The highest BCUT2D eigenvalue weighted by Crippen LogP contribution is 2.25. The molecule has 1 N–H and O–H groups in total. The SMILES string of the molecule is O=C(Nc1cc(Cl)cc(Cl)c1)C1CC(=O)N(CCCc2ccccc2)C1. The van der Waals surface area contributed by atoms with Gasteiger partial charge in [0.2, 0.25) is 11.8 Å². The van der Waals surface area contributed by atoms with Crippen molar-refractivity contribution in [3.8, 4) is 0 Å². The predicted molar refractivity (Wildman–Crippen MR) is 105 cm³/mol. The van der Waals surface area contributed by atoms with Gasteiger partial charge in [-0.1, -0.05) is 53.5 Å². The number of carbonyl (C=O) groups excluding carboxylic acids is 2. The van der Waals surface area contributed by atoms with Crippen molar-refractivity contribution < 1.29 is 9.59 Å². The number of amides is 2. The number of rotatable bonds is 6. The zero-order valence-corrected chi connectivity index (χ0v) is 15.8. The van der Waals surface area contributed by atoms with Crippen molar-refractivity contribution in [2.75, 3.05) is 18.4 Å². The van der Waals surface area contributed by atoms with E-state index >= 15 is 0 Å². The first kappa shape index (κ1) is 18.7. The van der Waals surface area contributed by atoms with E-state index in [0.717, 1.165) is 12.8 Å². The molecule has 6 heteroatoms. The molecular formula is C20H20Cl2N2O2. The van der Waals surface area contributed by atoms with Gasteiger partial charge in [-0.05, 0) is 36.6 Å². The van der Waals surface area contributed by atoms with Gasteiger partial charge >= 0.3 is 0 Å². The maximum absolute atomic E-state index is 12.4. The van der Waals surface area contributed by atoms with Gasteiger partial charge in [0.1, 0.15) is 0 Å². The molecule has 0 bridgehead atoms. The Kier molecular flexibility index (Phi) is 6.17. The lowest BCUT2D eigenvalue weighted by atomic mass is 10.1. The second kappa shape index (κ2) is 8.56. The van der Waals surface area contributed by atoms with Crippen molar-refractivity contribution in [2.24, 2.45) is 5.92 Å². The Morgan fingerprint density at radius 2 is 1.81 bits per heavy atom. The van der Waals surface area contributed by atoms with E-state index in [-0.39, 0.29) is 24.2 Å². The summed E-state index contributed by atoms with van der Waals surface area (Å²) in [4.78, 5) is 26.4. The summed E-state index contributed by atoms with van der Waals surface area (Å²) in [5, 5.41) is 3.71. The topological polar surface area (TPSA) is 49.4 Å². The zero-order chi connectivity index (χ0) is 18.5. The van der Waals surface area contributed by atoms with Gasteiger partial charge in [0.15, 0.2) is 0 Å². The molecule has 1 fully saturated rings. The predicted octanol–water partition coefficient (Wildman–Crippen LogP) is 4.41. The summed E-state index contributed by atoms with van der Waals surface area (Å²) in [6.45, 7) is 1.12. The Morgan fingerprint density at radius 3 is 2.50 bits per heavy atom. The van der Waals surface area contributed by atoms with Crippen molar-refractivity contribution in [1.29, 1.82) is 0 Å². The molecule has 0 spiro atoms. The number of nitrogens with one attached hydrogen (secondary N) is 1. The maximum Gasteiger partial charge on any atom is 0.229 e. The van der Waals surface area contributed by atoms with Gasteiger partial charge in [-0.3, -0.25) is 9.59 Å². The number of halogens is 2. The minimum absolute atomic E-state index is 0.0299. The summed E-state index contributed by atoms with van der Waals surface area (Å²) in [6, 6.07) is 15.1. The molecular weight excluding hydrogens is 371 g/mol. The van der Waals surface area contributed by atoms with Crippen LogP contribution in [0.3, 0.4) is 0 Å². The molecule has 0 aromatic heterocycles. The number of anilines is 1. The van der Waals surface area contributed by atoms with Crippen LogP contribution in [0.15, 0.2) is 48.5 Å². The Bertz CT molecular complexity index is 775. The molecule has 1 aliphatic rings. The molecule has 0 aliphatic carbocycles. The summed E-state index contributed by atoms with van der Waals surface area (Å²) < 4.78 is 0. The Labute approximate surface area is 163 Å². The van der Waals surface area contributed by atoms with Crippen LogP contribution in [-0.4, -0.2) is 29.8 Å². The minimum atomic E-state index is -0.350. The summed E-state index contributed by atoms with van der Waals surface area (Å²) in [6.07, 6.45) is 2.04. The van der Waals surface area contributed by atoms with E-state index in [1.165, 1.54) is 5.56 Å². The van der Waals surface area contributed by atoms with E-state index in [1.54, 1.807) is 23.1 Å². The summed E-state index contributed by atoms with van der Waals surface area (Å²) in [5.41, 5.74) is 1.80. The fraction of sp³-hybridized carbons (Fsp3) is 0.300. The van der Waals surface area contributed by atoms with Gasteiger partial charge in [0, 0.05) is 35.2 Å². The van der Waals surface area contributed by atoms with Crippen LogP contribution in [0, 0.1) is 5.92 Å². The van der Waals surface area contributed by atoms with Crippen molar-refractivity contribution in [1.82, 2.24) is 4.90 Å². The molecule has 2 aromatic rings. The molecule has 3 rings (SSSR count). The van der Waals surface area contributed by atoms with Crippen LogP contribution in [-0.2, 0) is 16.0 Å². The molecule has 0 radical (unpaired) electrons. The first-order chi connectivity index (χ1) is 12.5. The lowest BCUT2D eigenvalue weighted by molar-refractivity contribution is -0.128. The normalized spacial score (nSPS) is 16.8. The van der Waals surface area contributed by atoms with Gasteiger partial charge < -0.3 is 10.2 Å². The summed E-state index contributed by atoms with van der Waals surface area (Å²) in [5.74, 6) is -0.499. The van der Waals surface area contributed by atoms with Gasteiger partial charge in [0.05, 0.1) is 5.92 Å². The van der Waals surface area contributed by atoms with E-state index in [9.17, 15) is 9.59 Å². The van der Waals surface area contributed by atoms with Gasteiger partial charge in [0.25, 0.3) is 0 Å². The average Bonchev–Trinajstić information content (AvgIpc) is 2.96. The first-order valence-corrected chi connectivity index (χ1v) is 9.35. The molecule has 1 saturated heterocycles. The molecule has 2 amide bonds. The molecule has 4 nitrogen and oxygen atoms in total. The van der Waals surface area contributed by atoms with Crippen molar-refractivity contribution >= 4 is 40.7 Å². The third-order valence-electron chi connectivity index (χ3n) is 4.45. The fourth-order valence-corrected chi connectivity index (χ4v) is 3.68. The van der Waals surface area contributed by atoms with E-state index in [1.807, 2.05) is 18.2 Å². The number of benzene rings is 2. The summed E-state index contributed by atoms with van der Waals surface area (Å²) in [7, 11) is 0. The number of hydrogen-bond donors (Lipinski definition) is 1. The van der Waals surface area contributed by atoms with E-state index in [4.69, 9.17) is 23.2 Å². The van der Waals surface area contributed by atoms with E-state index in [0.29, 0.717) is 28.8 Å². The molecule has 0 saturated carbocycles. The number of carbonyl (C=O) groups is 2. The van der Waals surface area contributed by atoms with Crippen LogP contribution in [0.5, 0.6) is 0 Å². The standard InChI is InChI=1S/C20H20Cl2N2O2/c21-16-10-17(22)12-18(11-16)23-20(26)15-9-19(25)24(13-15)8-4-7-14-5-2-1-3-6-14/h1-3,5-6,10-12,15H,4,7-9,13H2,(H,23,26). The largest absolute Gasteiger partial charge is 0.342 e. The summed E-state index contributed by atoms with van der Waals surface area (Å²) >= 11 is 11.9. The molecule has 26 heavy (non-hydrogen) atoms. The van der Waals surface area contributed by atoms with Crippen LogP contribution < -0.4 is 5.32 Å². The Balaban J connectivity index is 1.51. The van der Waals surface area contributed by atoms with Crippen LogP contribution >= 0.6 is 23.2 Å². The quantitative estimate of drug-likeness (QED) is 0.793. The fourth-order valence-electron chi connectivity index (χ4n) is 3.15. The minimum Gasteiger partial charge on any atom is -0.342 e. The van der Waals surface area contributed by atoms with Crippen molar-refractivity contribution in [2.45, 2.75) is 19.3 Å². The Hall–Kier alpha value is -2.04. The number of likely N-dealkylation sites (tertiary alicyclic amines) is 1. The van der Waals surface area contributed by atoms with E-state index in [2.05, 4.69) is 17.4 Å². The second-order valence-corrected chi connectivity index (χ2v) is 7.35. The average molecular weight is 391 g/mol. The van der Waals surface area contributed by atoms with Gasteiger partial charge in [-0.2, -0.15) is 0 Å². The monoisotopic (exact) mass is 390 g/mol. The lowest BCUT2D eigenvalue weighted by Gasteiger charge is -2.16. The number of nitrogens with zero attached hydrogens (tertiary/aromatic N) is 1. The molecule has 1 heterocycles. The highest BCUT2D eigenvalue weighted by atomic mass is 35.5. The highest BCUT2D eigenvalue weighted by molar-refractivity contribution is 6.35. The van der Waals surface area contributed by atoms with Crippen molar-refractivity contribution in [3.63, 3.8) is 0 Å². The third-order valence-corrected chi connectivity index (χ3v) is 4.89. The molecule has 1 atom stereocenters. The maximum atomic E-state index is 12.4. The van der Waals surface area contributed by atoms with Gasteiger partial charge in [-0.15, -0.1) is 0 Å². The van der Waals surface area contributed by atoms with Gasteiger partial charge in [-0.25, -0.2) is 0 Å². The zero-order valence-electron chi connectivity index (χ0n) is 14.3. The molecule has 136 valence electrons. The molecule has 1 aliphatic heterocycles. The van der Waals surface area contributed by atoms with Crippen LogP contribution in [0.2, 0.25) is 10.0 Å². The smallest absolute Gasteiger partial charge is 0.229 e. The second-order valence-electron chi connectivity index (χ2n) is 6.48. The van der Waals surface area contributed by atoms with E-state index < -0.39 is 0 Å². The van der Waals surface area contributed by atoms with Crippen LogP contribution in [0.1, 0.15) is 18.4 Å².